The van der Waals surface area contributed by atoms with Crippen LogP contribution in [0.5, 0.6) is 0 Å². The van der Waals surface area contributed by atoms with E-state index >= 15 is 0 Å². The van der Waals surface area contributed by atoms with Crippen LogP contribution in [0, 0.1) is 0 Å². The van der Waals surface area contributed by atoms with Gasteiger partial charge in [-0.05, 0) is 24.0 Å². The number of unbranched alkanes of at least 4 members (excludes halogenated alkanes) is 1. The van der Waals surface area contributed by atoms with Gasteiger partial charge in [0.2, 0.25) is 0 Å². The number of aryl methyl sites for hydroxylation is 1. The third-order valence-electron chi connectivity index (χ3n) is 3.66. The zero-order valence-electron chi connectivity index (χ0n) is 12.7. The Labute approximate surface area is 126 Å². The number of ether oxygens (including phenoxy) is 1. The van der Waals surface area contributed by atoms with Gasteiger partial charge in [-0.1, -0.05) is 67.9 Å². The van der Waals surface area contributed by atoms with Gasteiger partial charge >= 0.3 is 0 Å². The highest BCUT2D eigenvalue weighted by molar-refractivity contribution is 6.01. The standard InChI is InChI=1S/C19H22O2/c1-3-4-10-15-11-8-9-14-17(15)18(20)19(21-2)16-12-6-5-7-13-16/h5-9,11-14,19H,3-4,10H2,1-2H3. The molecule has 0 aliphatic heterocycles. The Morgan fingerprint density at radius 2 is 1.71 bits per heavy atom. The summed E-state index contributed by atoms with van der Waals surface area (Å²) in [5, 5.41) is 0. The number of ketones is 1. The van der Waals surface area contributed by atoms with Crippen molar-refractivity contribution in [3.63, 3.8) is 0 Å². The molecule has 0 spiro atoms. The Hall–Kier alpha value is -1.93. The molecule has 2 aromatic carbocycles. The van der Waals surface area contributed by atoms with Gasteiger partial charge in [-0.2, -0.15) is 0 Å². The molecular formula is C19H22O2. The largest absolute Gasteiger partial charge is 0.369 e. The van der Waals surface area contributed by atoms with E-state index in [2.05, 4.69) is 6.92 Å². The van der Waals surface area contributed by atoms with Crippen molar-refractivity contribution < 1.29 is 9.53 Å². The van der Waals surface area contributed by atoms with Crippen LogP contribution in [-0.2, 0) is 11.2 Å². The molecule has 0 N–H and O–H groups in total. The SMILES string of the molecule is CCCCc1ccccc1C(=O)C(OC)c1ccccc1. The zero-order valence-corrected chi connectivity index (χ0v) is 12.7. The molecule has 0 aliphatic carbocycles. The Kier molecular flexibility index (Phi) is 5.70. The summed E-state index contributed by atoms with van der Waals surface area (Å²) in [6.07, 6.45) is 2.61. The number of Topliss-reactive ketones (excluding diaryl/α,β-unsaturated/α-hetero) is 1. The van der Waals surface area contributed by atoms with Crippen LogP contribution in [0.2, 0.25) is 0 Å². The van der Waals surface area contributed by atoms with Crippen LogP contribution in [0.3, 0.4) is 0 Å². The second-order valence-electron chi connectivity index (χ2n) is 5.15. The molecule has 2 aromatic rings. The quantitative estimate of drug-likeness (QED) is 0.694. The van der Waals surface area contributed by atoms with Gasteiger partial charge in [-0.3, -0.25) is 4.79 Å². The van der Waals surface area contributed by atoms with Gasteiger partial charge in [-0.15, -0.1) is 0 Å². The lowest BCUT2D eigenvalue weighted by Gasteiger charge is -2.17. The molecule has 0 saturated heterocycles. The van der Waals surface area contributed by atoms with Crippen molar-refractivity contribution in [1.29, 1.82) is 0 Å². The van der Waals surface area contributed by atoms with Crippen molar-refractivity contribution in [3.05, 3.63) is 71.3 Å². The number of carbonyl (C=O) groups is 1. The minimum absolute atomic E-state index is 0.0374. The monoisotopic (exact) mass is 282 g/mol. The van der Waals surface area contributed by atoms with Gasteiger partial charge in [0.05, 0.1) is 0 Å². The molecular weight excluding hydrogens is 260 g/mol. The molecule has 0 aromatic heterocycles. The Morgan fingerprint density at radius 1 is 1.05 bits per heavy atom. The van der Waals surface area contributed by atoms with Crippen LogP contribution in [0.1, 0.15) is 47.4 Å². The van der Waals surface area contributed by atoms with Crippen molar-refractivity contribution in [2.75, 3.05) is 7.11 Å². The average molecular weight is 282 g/mol. The lowest BCUT2D eigenvalue weighted by molar-refractivity contribution is 0.0603. The molecule has 1 atom stereocenters. The fourth-order valence-corrected chi connectivity index (χ4v) is 2.51. The van der Waals surface area contributed by atoms with Gasteiger partial charge in [0, 0.05) is 12.7 Å². The predicted molar refractivity (Wildman–Crippen MR) is 85.6 cm³/mol. The maximum atomic E-state index is 12.8. The smallest absolute Gasteiger partial charge is 0.196 e. The van der Waals surface area contributed by atoms with E-state index in [9.17, 15) is 4.79 Å². The fourth-order valence-electron chi connectivity index (χ4n) is 2.51. The van der Waals surface area contributed by atoms with Crippen LogP contribution in [0.25, 0.3) is 0 Å². The molecule has 0 radical (unpaired) electrons. The van der Waals surface area contributed by atoms with Crippen molar-refractivity contribution in [3.8, 4) is 0 Å². The molecule has 2 heteroatoms. The summed E-state index contributed by atoms with van der Waals surface area (Å²) in [6, 6.07) is 17.5. The first kappa shape index (κ1) is 15.5. The van der Waals surface area contributed by atoms with Gasteiger partial charge in [-0.25, -0.2) is 0 Å². The summed E-state index contributed by atoms with van der Waals surface area (Å²) >= 11 is 0. The number of hydrogen-bond acceptors (Lipinski definition) is 2. The molecule has 0 heterocycles. The maximum Gasteiger partial charge on any atom is 0.196 e. The first-order valence-corrected chi connectivity index (χ1v) is 7.47. The molecule has 1 unspecified atom stereocenters. The van der Waals surface area contributed by atoms with Crippen LogP contribution in [0.15, 0.2) is 54.6 Å². The highest BCUT2D eigenvalue weighted by atomic mass is 16.5. The van der Waals surface area contributed by atoms with Crippen molar-refractivity contribution in [1.82, 2.24) is 0 Å². The van der Waals surface area contributed by atoms with E-state index in [1.54, 1.807) is 7.11 Å². The summed E-state index contributed by atoms with van der Waals surface area (Å²) in [5.74, 6) is 0.0374. The third-order valence-corrected chi connectivity index (χ3v) is 3.66. The van der Waals surface area contributed by atoms with Crippen LogP contribution in [-0.4, -0.2) is 12.9 Å². The highest BCUT2D eigenvalue weighted by Crippen LogP contribution is 2.24. The molecule has 0 saturated carbocycles. The van der Waals surface area contributed by atoms with E-state index in [1.165, 1.54) is 0 Å². The number of benzene rings is 2. The van der Waals surface area contributed by atoms with E-state index in [4.69, 9.17) is 4.74 Å². The van der Waals surface area contributed by atoms with E-state index in [1.807, 2.05) is 54.6 Å². The highest BCUT2D eigenvalue weighted by Gasteiger charge is 2.23. The average Bonchev–Trinajstić information content (AvgIpc) is 2.55. The molecule has 110 valence electrons. The Morgan fingerprint density at radius 3 is 2.38 bits per heavy atom. The van der Waals surface area contributed by atoms with Crippen molar-refractivity contribution in [2.24, 2.45) is 0 Å². The van der Waals surface area contributed by atoms with Crippen LogP contribution in [0.4, 0.5) is 0 Å². The minimum Gasteiger partial charge on any atom is -0.369 e. The summed E-state index contributed by atoms with van der Waals surface area (Å²) in [6.45, 7) is 2.16. The van der Waals surface area contributed by atoms with Gasteiger partial charge in [0.1, 0.15) is 6.10 Å². The summed E-state index contributed by atoms with van der Waals surface area (Å²) in [5.41, 5.74) is 2.79. The lowest BCUT2D eigenvalue weighted by Crippen LogP contribution is -2.16. The molecule has 2 rings (SSSR count). The topological polar surface area (TPSA) is 26.3 Å². The predicted octanol–water partition coefficient (Wildman–Crippen LogP) is 4.60. The van der Waals surface area contributed by atoms with E-state index in [-0.39, 0.29) is 5.78 Å². The molecule has 0 aliphatic rings. The second kappa shape index (κ2) is 7.75. The van der Waals surface area contributed by atoms with Gasteiger partial charge in [0.15, 0.2) is 5.78 Å². The van der Waals surface area contributed by atoms with Gasteiger partial charge in [0.25, 0.3) is 0 Å². The third kappa shape index (κ3) is 3.79. The van der Waals surface area contributed by atoms with Crippen molar-refractivity contribution >= 4 is 5.78 Å². The molecule has 21 heavy (non-hydrogen) atoms. The number of methoxy groups -OCH3 is 1. The van der Waals surface area contributed by atoms with Crippen LogP contribution < -0.4 is 0 Å². The van der Waals surface area contributed by atoms with Crippen molar-refractivity contribution in [2.45, 2.75) is 32.3 Å². The first-order valence-electron chi connectivity index (χ1n) is 7.47. The maximum absolute atomic E-state index is 12.8. The Bertz CT molecular complexity index is 575. The van der Waals surface area contributed by atoms with E-state index in [0.29, 0.717) is 0 Å². The molecule has 0 bridgehead atoms. The second-order valence-corrected chi connectivity index (χ2v) is 5.15. The number of hydrogen-bond donors (Lipinski definition) is 0. The lowest BCUT2D eigenvalue weighted by atomic mass is 9.94. The molecule has 2 nitrogen and oxygen atoms in total. The molecule has 0 fully saturated rings. The Balaban J connectivity index is 2.30. The van der Waals surface area contributed by atoms with Crippen LogP contribution >= 0.6 is 0 Å². The minimum atomic E-state index is -0.533. The normalized spacial score (nSPS) is 12.1. The zero-order chi connectivity index (χ0) is 15.1. The van der Waals surface area contributed by atoms with Gasteiger partial charge < -0.3 is 4.74 Å². The summed E-state index contributed by atoms with van der Waals surface area (Å²) in [7, 11) is 1.59. The fraction of sp³-hybridized carbons (Fsp3) is 0.316. The first-order chi connectivity index (χ1) is 10.3. The summed E-state index contributed by atoms with van der Waals surface area (Å²) < 4.78 is 5.46. The molecule has 0 amide bonds. The van der Waals surface area contributed by atoms with E-state index < -0.39 is 6.10 Å². The van der Waals surface area contributed by atoms with E-state index in [0.717, 1.165) is 36.0 Å². The summed E-state index contributed by atoms with van der Waals surface area (Å²) in [4.78, 5) is 12.8. The number of carbonyl (C=O) groups excluding carboxylic acids is 1. The number of rotatable bonds is 7.